The Morgan fingerprint density at radius 2 is 1.84 bits per heavy atom. The summed E-state index contributed by atoms with van der Waals surface area (Å²) in [5.41, 5.74) is 1.46. The Morgan fingerprint density at radius 3 is 2.45 bits per heavy atom. The molecule has 2 fully saturated rings. The number of ether oxygens (including phenoxy) is 1. The Kier molecular flexibility index (Phi) is 5.26. The second-order valence-electron chi connectivity index (χ2n) is 9.47. The van der Waals surface area contributed by atoms with Crippen molar-refractivity contribution in [2.45, 2.75) is 51.7 Å². The SMILES string of the molecule is CC12CCC(O1)C(C)(C)C2Cc1c(C=O)ccc(C(=O)/C=C/c2ccc(O)cc2)c1O. The summed E-state index contributed by atoms with van der Waals surface area (Å²) in [4.78, 5) is 24.5. The minimum Gasteiger partial charge on any atom is -0.508 e. The summed E-state index contributed by atoms with van der Waals surface area (Å²) in [5.74, 6) is -0.205. The van der Waals surface area contributed by atoms with Crippen LogP contribution in [0.4, 0.5) is 0 Å². The van der Waals surface area contributed by atoms with Crippen LogP contribution in [0.25, 0.3) is 6.08 Å². The molecule has 2 aromatic rings. The van der Waals surface area contributed by atoms with Crippen molar-refractivity contribution in [1.29, 1.82) is 0 Å². The Labute approximate surface area is 182 Å². The Morgan fingerprint density at radius 1 is 1.13 bits per heavy atom. The number of hydrogen-bond acceptors (Lipinski definition) is 5. The minimum absolute atomic E-state index is 0.0849. The largest absolute Gasteiger partial charge is 0.508 e. The van der Waals surface area contributed by atoms with Gasteiger partial charge in [-0.15, -0.1) is 0 Å². The number of benzene rings is 2. The highest BCUT2D eigenvalue weighted by Gasteiger charge is 2.60. The predicted octanol–water partition coefficient (Wildman–Crippen LogP) is 4.94. The number of ketones is 1. The normalized spacial score (nSPS) is 26.4. The third-order valence-electron chi connectivity index (χ3n) is 7.22. The van der Waals surface area contributed by atoms with Gasteiger partial charge < -0.3 is 14.9 Å². The molecule has 0 aromatic heterocycles. The average molecular weight is 421 g/mol. The zero-order valence-corrected chi connectivity index (χ0v) is 18.1. The van der Waals surface area contributed by atoms with E-state index in [9.17, 15) is 19.8 Å². The van der Waals surface area contributed by atoms with E-state index in [1.165, 1.54) is 12.1 Å². The number of phenols is 2. The van der Waals surface area contributed by atoms with Gasteiger partial charge in [-0.2, -0.15) is 0 Å². The first-order chi connectivity index (χ1) is 14.7. The van der Waals surface area contributed by atoms with Crippen LogP contribution in [0.15, 0.2) is 42.5 Å². The van der Waals surface area contributed by atoms with Crippen molar-refractivity contribution in [3.8, 4) is 11.5 Å². The molecule has 2 heterocycles. The van der Waals surface area contributed by atoms with E-state index in [0.717, 1.165) is 24.7 Å². The minimum atomic E-state index is -0.348. The molecule has 4 rings (SSSR count). The van der Waals surface area contributed by atoms with E-state index in [4.69, 9.17) is 4.74 Å². The molecule has 162 valence electrons. The van der Waals surface area contributed by atoms with Crippen molar-refractivity contribution in [3.05, 3.63) is 64.7 Å². The second-order valence-corrected chi connectivity index (χ2v) is 9.47. The third kappa shape index (κ3) is 3.68. The molecule has 2 aliphatic rings. The highest BCUT2D eigenvalue weighted by molar-refractivity contribution is 6.09. The molecule has 0 spiro atoms. The van der Waals surface area contributed by atoms with E-state index < -0.39 is 0 Å². The quantitative estimate of drug-likeness (QED) is 0.393. The molecule has 2 aliphatic heterocycles. The van der Waals surface area contributed by atoms with Gasteiger partial charge in [0.2, 0.25) is 0 Å². The first-order valence-electron chi connectivity index (χ1n) is 10.6. The lowest BCUT2D eigenvalue weighted by Crippen LogP contribution is -2.42. The van der Waals surface area contributed by atoms with Crippen molar-refractivity contribution < 1.29 is 24.5 Å². The van der Waals surface area contributed by atoms with E-state index in [0.29, 0.717) is 17.5 Å². The van der Waals surface area contributed by atoms with Gasteiger partial charge in [-0.05, 0) is 67.4 Å². The third-order valence-corrected chi connectivity index (χ3v) is 7.22. The van der Waals surface area contributed by atoms with Gasteiger partial charge in [0.05, 0.1) is 17.3 Å². The molecule has 0 saturated carbocycles. The smallest absolute Gasteiger partial charge is 0.189 e. The van der Waals surface area contributed by atoms with Crippen molar-refractivity contribution in [2.75, 3.05) is 0 Å². The number of phenolic OH excluding ortho intramolecular Hbond substituents is 2. The molecule has 31 heavy (non-hydrogen) atoms. The topological polar surface area (TPSA) is 83.8 Å². The highest BCUT2D eigenvalue weighted by Crippen LogP contribution is 2.59. The fourth-order valence-corrected chi connectivity index (χ4v) is 5.36. The number of hydrogen-bond donors (Lipinski definition) is 2. The zero-order chi connectivity index (χ0) is 22.4. The molecule has 3 unspecified atom stereocenters. The summed E-state index contributed by atoms with van der Waals surface area (Å²) in [6.07, 6.45) is 6.37. The molecule has 5 heteroatoms. The van der Waals surface area contributed by atoms with Gasteiger partial charge in [0.15, 0.2) is 5.78 Å². The molecule has 3 atom stereocenters. The first kappa shape index (κ1) is 21.3. The molecule has 0 radical (unpaired) electrons. The van der Waals surface area contributed by atoms with Crippen LogP contribution in [0.2, 0.25) is 0 Å². The second kappa shape index (κ2) is 7.65. The molecule has 0 amide bonds. The van der Waals surface area contributed by atoms with Crippen LogP contribution in [0, 0.1) is 11.3 Å². The van der Waals surface area contributed by atoms with Gasteiger partial charge >= 0.3 is 0 Å². The molecule has 2 bridgehead atoms. The van der Waals surface area contributed by atoms with Gasteiger partial charge in [-0.25, -0.2) is 0 Å². The van der Waals surface area contributed by atoms with Crippen LogP contribution >= 0.6 is 0 Å². The van der Waals surface area contributed by atoms with Crippen LogP contribution < -0.4 is 0 Å². The summed E-state index contributed by atoms with van der Waals surface area (Å²) in [6.45, 7) is 6.47. The number of carbonyl (C=O) groups excluding carboxylic acids is 2. The predicted molar refractivity (Wildman–Crippen MR) is 118 cm³/mol. The molecule has 2 N–H and O–H groups in total. The van der Waals surface area contributed by atoms with Crippen molar-refractivity contribution >= 4 is 18.1 Å². The van der Waals surface area contributed by atoms with Crippen LogP contribution in [0.3, 0.4) is 0 Å². The van der Waals surface area contributed by atoms with E-state index in [1.54, 1.807) is 36.4 Å². The molecule has 2 aromatic carbocycles. The Hall–Kier alpha value is -2.92. The molecule has 5 nitrogen and oxygen atoms in total. The lowest BCUT2D eigenvalue weighted by Gasteiger charge is -2.39. The van der Waals surface area contributed by atoms with Gasteiger partial charge in [0.1, 0.15) is 17.8 Å². The summed E-state index contributed by atoms with van der Waals surface area (Å²) < 4.78 is 6.28. The molecule has 2 saturated heterocycles. The van der Waals surface area contributed by atoms with Crippen molar-refractivity contribution in [2.24, 2.45) is 11.3 Å². The summed E-state index contributed by atoms with van der Waals surface area (Å²) in [5, 5.41) is 20.4. The maximum Gasteiger partial charge on any atom is 0.189 e. The Balaban J connectivity index is 1.65. The summed E-state index contributed by atoms with van der Waals surface area (Å²) in [6, 6.07) is 9.57. The fourth-order valence-electron chi connectivity index (χ4n) is 5.36. The maximum atomic E-state index is 12.8. The van der Waals surface area contributed by atoms with E-state index >= 15 is 0 Å². The standard InChI is InChI=1S/C26H28O5/c1-25(2)22(26(3)13-12-23(25)31-26)14-20-17(15-27)7-10-19(24(20)30)21(29)11-6-16-4-8-18(28)9-5-16/h4-11,15,22-23,28,30H,12-14H2,1-3H3/b11-6+. The average Bonchev–Trinajstić information content (AvgIpc) is 3.22. The number of aldehydes is 1. The first-order valence-corrected chi connectivity index (χ1v) is 10.6. The van der Waals surface area contributed by atoms with E-state index in [-0.39, 0.29) is 45.9 Å². The van der Waals surface area contributed by atoms with E-state index in [1.807, 2.05) is 0 Å². The lowest BCUT2D eigenvalue weighted by atomic mass is 9.62. The number of aromatic hydroxyl groups is 2. The van der Waals surface area contributed by atoms with Crippen molar-refractivity contribution in [1.82, 2.24) is 0 Å². The zero-order valence-electron chi connectivity index (χ0n) is 18.1. The Bertz CT molecular complexity index is 1050. The summed E-state index contributed by atoms with van der Waals surface area (Å²) in [7, 11) is 0. The lowest BCUT2D eigenvalue weighted by molar-refractivity contribution is 0.00592. The van der Waals surface area contributed by atoms with Crippen LogP contribution in [0.1, 0.15) is 65.5 Å². The van der Waals surface area contributed by atoms with Crippen molar-refractivity contribution in [3.63, 3.8) is 0 Å². The molecular weight excluding hydrogens is 392 g/mol. The summed E-state index contributed by atoms with van der Waals surface area (Å²) >= 11 is 0. The van der Waals surface area contributed by atoms with Gasteiger partial charge in [-0.3, -0.25) is 9.59 Å². The van der Waals surface area contributed by atoms with Gasteiger partial charge in [0, 0.05) is 11.1 Å². The molecule has 0 aliphatic carbocycles. The van der Waals surface area contributed by atoms with Crippen LogP contribution in [0.5, 0.6) is 11.5 Å². The molecular formula is C26H28O5. The number of fused-ring (bicyclic) bond motifs is 2. The highest BCUT2D eigenvalue weighted by atomic mass is 16.5. The monoisotopic (exact) mass is 420 g/mol. The maximum absolute atomic E-state index is 12.8. The van der Waals surface area contributed by atoms with Crippen LogP contribution in [-0.4, -0.2) is 34.0 Å². The van der Waals surface area contributed by atoms with Crippen LogP contribution in [-0.2, 0) is 11.2 Å². The number of rotatable bonds is 6. The fraction of sp³-hybridized carbons (Fsp3) is 0.385. The van der Waals surface area contributed by atoms with Gasteiger partial charge in [0.25, 0.3) is 0 Å². The van der Waals surface area contributed by atoms with Gasteiger partial charge in [-0.1, -0.05) is 38.1 Å². The van der Waals surface area contributed by atoms with E-state index in [2.05, 4.69) is 20.8 Å². The number of carbonyl (C=O) groups is 2. The number of allylic oxidation sites excluding steroid dienone is 1.